The largest absolute Gasteiger partial charge is 0.497 e. The van der Waals surface area contributed by atoms with E-state index in [1.54, 1.807) is 31.2 Å². The molecule has 0 aromatic heterocycles. The molecule has 0 N–H and O–H groups in total. The Kier molecular flexibility index (Phi) is 10.2. The molecule has 9 nitrogen and oxygen atoms in total. The number of benzene rings is 3. The molecule has 4 atom stereocenters. The molecule has 0 radical (unpaired) electrons. The second-order valence-electron chi connectivity index (χ2n) is 14.2. The molecule has 1 amide bonds. The number of methoxy groups -OCH3 is 1. The highest BCUT2D eigenvalue weighted by Crippen LogP contribution is 2.43. The van der Waals surface area contributed by atoms with Crippen molar-refractivity contribution in [2.24, 2.45) is 5.92 Å². The van der Waals surface area contributed by atoms with Gasteiger partial charge in [-0.1, -0.05) is 63.2 Å². The highest BCUT2D eigenvalue weighted by atomic mass is 28.4. The van der Waals surface area contributed by atoms with E-state index in [4.69, 9.17) is 23.5 Å². The number of hydrogen-bond acceptors (Lipinski definition) is 8. The van der Waals surface area contributed by atoms with Crippen LogP contribution in [0.1, 0.15) is 49.2 Å². The first-order valence-corrected chi connectivity index (χ1v) is 19.1. The molecule has 2 fully saturated rings. The van der Waals surface area contributed by atoms with Gasteiger partial charge >= 0.3 is 5.97 Å². The summed E-state index contributed by atoms with van der Waals surface area (Å²) in [5.74, 6) is 0.950. The smallest absolute Gasteiger partial charge is 0.326 e. The molecule has 0 bridgehead atoms. The fraction of sp³-hybridized carbons (Fsp3) is 0.459. The van der Waals surface area contributed by atoms with E-state index >= 15 is 0 Å². The van der Waals surface area contributed by atoms with Gasteiger partial charge in [0.25, 0.3) is 5.91 Å². The molecule has 252 valence electrons. The molecule has 5 rings (SSSR count). The van der Waals surface area contributed by atoms with Gasteiger partial charge < -0.3 is 23.5 Å². The molecule has 2 saturated heterocycles. The summed E-state index contributed by atoms with van der Waals surface area (Å²) in [5.41, 5.74) is 4.22. The number of nitrogens with zero attached hydrogens (tertiary/aromatic N) is 2. The highest BCUT2D eigenvalue weighted by molar-refractivity contribution is 6.74. The molecule has 2 heterocycles. The van der Waals surface area contributed by atoms with Gasteiger partial charge in [0.05, 0.1) is 26.2 Å². The molecule has 0 spiro atoms. The second-order valence-corrected chi connectivity index (χ2v) is 19.0. The average Bonchev–Trinajstić information content (AvgIpc) is 3.55. The van der Waals surface area contributed by atoms with Crippen molar-refractivity contribution in [2.75, 3.05) is 27.8 Å². The van der Waals surface area contributed by atoms with Crippen LogP contribution in [0.2, 0.25) is 18.1 Å². The van der Waals surface area contributed by atoms with Crippen LogP contribution in [-0.2, 0) is 31.9 Å². The molecule has 2 aliphatic rings. The summed E-state index contributed by atoms with van der Waals surface area (Å²) in [6.45, 7) is 14.0. The van der Waals surface area contributed by atoms with E-state index in [0.717, 1.165) is 28.0 Å². The monoisotopic (exact) mass is 660 g/mol. The van der Waals surface area contributed by atoms with Gasteiger partial charge in [-0.15, -0.1) is 0 Å². The molecular weight excluding hydrogens is 613 g/mol. The van der Waals surface area contributed by atoms with E-state index in [0.29, 0.717) is 31.1 Å². The van der Waals surface area contributed by atoms with Gasteiger partial charge in [-0.3, -0.25) is 14.4 Å². The van der Waals surface area contributed by atoms with Crippen LogP contribution in [0.5, 0.6) is 11.5 Å². The van der Waals surface area contributed by atoms with Gasteiger partial charge in [-0.05, 0) is 60.4 Å². The second kappa shape index (κ2) is 13.8. The van der Waals surface area contributed by atoms with Gasteiger partial charge in [0.1, 0.15) is 36.4 Å². The first-order chi connectivity index (χ1) is 22.2. The quantitative estimate of drug-likeness (QED) is 0.166. The van der Waals surface area contributed by atoms with Gasteiger partial charge in [-0.25, -0.2) is 0 Å². The third kappa shape index (κ3) is 7.41. The molecular formula is C37H48N2O7Si. The fourth-order valence-electron chi connectivity index (χ4n) is 5.86. The molecule has 0 aliphatic carbocycles. The lowest BCUT2D eigenvalue weighted by molar-refractivity contribution is -0.195. The zero-order valence-electron chi connectivity index (χ0n) is 29.0. The number of carbonyl (C=O) groups is 2. The molecule has 47 heavy (non-hydrogen) atoms. The van der Waals surface area contributed by atoms with E-state index in [1.165, 1.54) is 0 Å². The minimum absolute atomic E-state index is 0.0484. The standard InChI is InChI=1S/C37H48N2O7Si/c1-24-32-31(23-44-47(8,9)37(2,3)4)46-39(33(32)36(41)45-24)21-28-11-10-12-30(26-15-17-27(18-16-26)35(40)38(5)6)34(28)43-22-25-13-19-29(42-7)20-14-25/h10-20,24,31-33H,21-23H2,1-9H3/t24-,31-,32+,33-/m0/s1. The van der Waals surface area contributed by atoms with Crippen LogP contribution in [0.25, 0.3) is 11.1 Å². The van der Waals surface area contributed by atoms with E-state index in [1.807, 2.05) is 73.7 Å². The van der Waals surface area contributed by atoms with Crippen LogP contribution in [0.4, 0.5) is 0 Å². The summed E-state index contributed by atoms with van der Waals surface area (Å²) < 4.78 is 24.2. The number of hydroxylamine groups is 2. The number of ether oxygens (including phenoxy) is 3. The Bertz CT molecular complexity index is 1570. The molecule has 10 heteroatoms. The summed E-state index contributed by atoms with van der Waals surface area (Å²) in [7, 11) is 3.07. The summed E-state index contributed by atoms with van der Waals surface area (Å²) in [6.07, 6.45) is -0.602. The Morgan fingerprint density at radius 1 is 1.00 bits per heavy atom. The van der Waals surface area contributed by atoms with Crippen LogP contribution in [-0.4, -0.2) is 76.2 Å². The summed E-state index contributed by atoms with van der Waals surface area (Å²) in [5, 5.41) is 1.81. The lowest BCUT2D eigenvalue weighted by atomic mass is 9.92. The molecule has 0 unspecified atom stereocenters. The summed E-state index contributed by atoms with van der Waals surface area (Å²) in [4.78, 5) is 33.9. The predicted octanol–water partition coefficient (Wildman–Crippen LogP) is 6.71. The number of amides is 1. The zero-order valence-corrected chi connectivity index (χ0v) is 30.0. The van der Waals surface area contributed by atoms with Crippen molar-refractivity contribution >= 4 is 20.2 Å². The van der Waals surface area contributed by atoms with Crippen molar-refractivity contribution in [2.45, 2.75) is 77.2 Å². The average molecular weight is 661 g/mol. The maximum absolute atomic E-state index is 13.2. The first-order valence-electron chi connectivity index (χ1n) is 16.2. The van der Waals surface area contributed by atoms with Gasteiger partial charge in [0.15, 0.2) is 8.32 Å². The Balaban J connectivity index is 1.46. The number of rotatable bonds is 11. The van der Waals surface area contributed by atoms with Crippen LogP contribution >= 0.6 is 0 Å². The fourth-order valence-corrected chi connectivity index (χ4v) is 6.87. The van der Waals surface area contributed by atoms with Crippen LogP contribution in [0, 0.1) is 5.92 Å². The van der Waals surface area contributed by atoms with E-state index in [9.17, 15) is 9.59 Å². The number of fused-ring (bicyclic) bond motifs is 1. The zero-order chi connectivity index (χ0) is 34.1. The lowest BCUT2D eigenvalue weighted by Gasteiger charge is -2.37. The molecule has 2 aliphatic heterocycles. The maximum atomic E-state index is 13.2. The summed E-state index contributed by atoms with van der Waals surface area (Å²) >= 11 is 0. The lowest BCUT2D eigenvalue weighted by Crippen LogP contribution is -2.44. The minimum atomic E-state index is -2.05. The van der Waals surface area contributed by atoms with Crippen LogP contribution in [0.3, 0.4) is 0 Å². The SMILES string of the molecule is COc1ccc(COc2c(CN3O[C@@H](CO[Si](C)(C)C(C)(C)C)[C@H]4[C@H](C)OC(=O)[C@H]43)cccc2-c2ccc(C(=O)N(C)C)cc2)cc1. The van der Waals surface area contributed by atoms with Crippen molar-refractivity contribution in [1.82, 2.24) is 9.96 Å². The number of esters is 1. The number of cyclic esters (lactones) is 1. The Morgan fingerprint density at radius 2 is 1.68 bits per heavy atom. The predicted molar refractivity (Wildman–Crippen MR) is 184 cm³/mol. The maximum Gasteiger partial charge on any atom is 0.326 e. The molecule has 0 saturated carbocycles. The topological polar surface area (TPSA) is 86.8 Å². The van der Waals surface area contributed by atoms with Gasteiger partial charge in [0.2, 0.25) is 0 Å². The number of carbonyl (C=O) groups excluding carboxylic acids is 2. The van der Waals surface area contributed by atoms with Gasteiger partial charge in [-0.2, -0.15) is 5.06 Å². The van der Waals surface area contributed by atoms with Crippen molar-refractivity contribution < 1.29 is 33.1 Å². The third-order valence-electron chi connectivity index (χ3n) is 9.69. The van der Waals surface area contributed by atoms with Crippen molar-refractivity contribution in [3.05, 3.63) is 83.4 Å². The third-order valence-corrected chi connectivity index (χ3v) is 14.2. The van der Waals surface area contributed by atoms with Gasteiger partial charge in [0, 0.05) is 30.8 Å². The van der Waals surface area contributed by atoms with E-state index in [2.05, 4.69) is 33.9 Å². The molecule has 3 aromatic rings. The summed E-state index contributed by atoms with van der Waals surface area (Å²) in [6, 6.07) is 20.7. The first kappa shape index (κ1) is 34.6. The number of hydrogen-bond donors (Lipinski definition) is 0. The molecule has 3 aromatic carbocycles. The highest BCUT2D eigenvalue weighted by Gasteiger charge is 2.57. The van der Waals surface area contributed by atoms with Crippen molar-refractivity contribution in [1.29, 1.82) is 0 Å². The Hall–Kier alpha value is -3.70. The van der Waals surface area contributed by atoms with Crippen LogP contribution < -0.4 is 9.47 Å². The minimum Gasteiger partial charge on any atom is -0.497 e. The number of para-hydroxylation sites is 1. The van der Waals surface area contributed by atoms with E-state index < -0.39 is 14.4 Å². The Morgan fingerprint density at radius 3 is 2.30 bits per heavy atom. The van der Waals surface area contributed by atoms with E-state index in [-0.39, 0.29) is 35.0 Å². The van der Waals surface area contributed by atoms with Crippen molar-refractivity contribution in [3.63, 3.8) is 0 Å². The van der Waals surface area contributed by atoms with Crippen molar-refractivity contribution in [3.8, 4) is 22.6 Å². The van der Waals surface area contributed by atoms with Crippen LogP contribution in [0.15, 0.2) is 66.7 Å². The normalized spacial score (nSPS) is 21.3. The Labute approximate surface area is 279 Å².